The molecule has 0 unspecified atom stereocenters. The van der Waals surface area contributed by atoms with Gasteiger partial charge in [0.15, 0.2) is 5.69 Å². The average Bonchev–Trinajstić information content (AvgIpc) is 3.25. The van der Waals surface area contributed by atoms with Gasteiger partial charge in [-0.2, -0.15) is 10.2 Å². The van der Waals surface area contributed by atoms with Crippen molar-refractivity contribution >= 4 is 12.1 Å². The standard InChI is InChI=1S/C15H16N4O2/c1-21-14-5-3-2-4-11(14)9-16-19-15(20)13-8-12(17-18-13)10-6-7-10/h2-5,8-10H,6-7H2,1H3,(H,17,18)(H,19,20)/b16-9+. The first-order valence-corrected chi connectivity index (χ1v) is 6.79. The number of methoxy groups -OCH3 is 1. The van der Waals surface area contributed by atoms with Crippen LogP contribution in [0.4, 0.5) is 0 Å². The van der Waals surface area contributed by atoms with E-state index in [1.165, 1.54) is 0 Å². The van der Waals surface area contributed by atoms with Crippen LogP contribution in [-0.4, -0.2) is 29.4 Å². The van der Waals surface area contributed by atoms with Crippen LogP contribution in [0.5, 0.6) is 5.75 Å². The monoisotopic (exact) mass is 284 g/mol. The Morgan fingerprint density at radius 2 is 2.29 bits per heavy atom. The van der Waals surface area contributed by atoms with E-state index >= 15 is 0 Å². The molecule has 1 saturated carbocycles. The van der Waals surface area contributed by atoms with E-state index in [9.17, 15) is 4.79 Å². The third kappa shape index (κ3) is 3.10. The predicted octanol–water partition coefficient (Wildman–Crippen LogP) is 2.06. The van der Waals surface area contributed by atoms with Crippen molar-refractivity contribution < 1.29 is 9.53 Å². The molecule has 1 fully saturated rings. The summed E-state index contributed by atoms with van der Waals surface area (Å²) in [6.07, 6.45) is 3.87. The Morgan fingerprint density at radius 3 is 3.05 bits per heavy atom. The molecule has 0 bridgehead atoms. The number of ether oxygens (including phenoxy) is 1. The van der Waals surface area contributed by atoms with Crippen LogP contribution < -0.4 is 10.2 Å². The van der Waals surface area contributed by atoms with Crippen molar-refractivity contribution in [2.45, 2.75) is 18.8 Å². The van der Waals surface area contributed by atoms with Crippen molar-refractivity contribution in [1.29, 1.82) is 0 Å². The van der Waals surface area contributed by atoms with Gasteiger partial charge in [0.1, 0.15) is 5.75 Å². The number of amides is 1. The van der Waals surface area contributed by atoms with Crippen LogP contribution in [0.25, 0.3) is 0 Å². The van der Waals surface area contributed by atoms with Crippen LogP contribution in [0.2, 0.25) is 0 Å². The lowest BCUT2D eigenvalue weighted by Crippen LogP contribution is -2.18. The highest BCUT2D eigenvalue weighted by Crippen LogP contribution is 2.38. The van der Waals surface area contributed by atoms with E-state index in [-0.39, 0.29) is 5.91 Å². The molecule has 0 aliphatic heterocycles. The molecule has 2 aromatic rings. The van der Waals surface area contributed by atoms with E-state index in [1.54, 1.807) is 19.4 Å². The van der Waals surface area contributed by atoms with Crippen LogP contribution in [0.1, 0.15) is 40.5 Å². The molecule has 1 aliphatic carbocycles. The largest absolute Gasteiger partial charge is 0.496 e. The number of carbonyl (C=O) groups excluding carboxylic acids is 1. The lowest BCUT2D eigenvalue weighted by atomic mass is 10.2. The minimum atomic E-state index is -0.329. The maximum Gasteiger partial charge on any atom is 0.291 e. The number of H-pyrrole nitrogens is 1. The van der Waals surface area contributed by atoms with Crippen molar-refractivity contribution in [2.75, 3.05) is 7.11 Å². The van der Waals surface area contributed by atoms with Crippen molar-refractivity contribution in [3.63, 3.8) is 0 Å². The van der Waals surface area contributed by atoms with Gasteiger partial charge in [-0.3, -0.25) is 9.89 Å². The molecule has 6 nitrogen and oxygen atoms in total. The molecule has 1 heterocycles. The Balaban J connectivity index is 1.63. The first kappa shape index (κ1) is 13.4. The van der Waals surface area contributed by atoms with Gasteiger partial charge in [-0.05, 0) is 31.0 Å². The number of hydrazone groups is 1. The number of carbonyl (C=O) groups is 1. The SMILES string of the molecule is COc1ccccc1/C=N/NC(=O)c1cc(C2CC2)[nH]n1. The second-order valence-electron chi connectivity index (χ2n) is 4.92. The average molecular weight is 284 g/mol. The van der Waals surface area contributed by atoms with E-state index in [0.29, 0.717) is 17.4 Å². The highest BCUT2D eigenvalue weighted by Gasteiger charge is 2.26. The fourth-order valence-corrected chi connectivity index (χ4v) is 2.05. The smallest absolute Gasteiger partial charge is 0.291 e. The van der Waals surface area contributed by atoms with Crippen molar-refractivity contribution in [3.05, 3.63) is 47.3 Å². The van der Waals surface area contributed by atoms with Crippen LogP contribution >= 0.6 is 0 Å². The van der Waals surface area contributed by atoms with Gasteiger partial charge in [0.25, 0.3) is 5.91 Å². The molecular weight excluding hydrogens is 268 g/mol. The third-order valence-electron chi connectivity index (χ3n) is 3.36. The Hall–Kier alpha value is -2.63. The van der Waals surface area contributed by atoms with Gasteiger partial charge in [0, 0.05) is 17.2 Å². The number of hydrogen-bond donors (Lipinski definition) is 2. The van der Waals surface area contributed by atoms with E-state index in [4.69, 9.17) is 4.74 Å². The second kappa shape index (κ2) is 5.78. The van der Waals surface area contributed by atoms with Crippen molar-refractivity contribution in [1.82, 2.24) is 15.6 Å². The molecular formula is C15H16N4O2. The molecule has 0 saturated heterocycles. The predicted molar refractivity (Wildman–Crippen MR) is 78.6 cm³/mol. The summed E-state index contributed by atoms with van der Waals surface area (Å²) in [5.74, 6) is 0.909. The molecule has 1 aliphatic rings. The topological polar surface area (TPSA) is 79.4 Å². The first-order chi connectivity index (χ1) is 10.3. The summed E-state index contributed by atoms with van der Waals surface area (Å²) in [6, 6.07) is 9.22. The highest BCUT2D eigenvalue weighted by molar-refractivity contribution is 5.93. The van der Waals surface area contributed by atoms with Gasteiger partial charge in [0.2, 0.25) is 0 Å². The lowest BCUT2D eigenvalue weighted by molar-refractivity contribution is 0.0950. The summed E-state index contributed by atoms with van der Waals surface area (Å²) < 4.78 is 5.20. The molecule has 21 heavy (non-hydrogen) atoms. The number of nitrogens with zero attached hydrogens (tertiary/aromatic N) is 2. The third-order valence-corrected chi connectivity index (χ3v) is 3.36. The number of nitrogens with one attached hydrogen (secondary N) is 2. The number of aromatic nitrogens is 2. The number of rotatable bonds is 5. The Labute approximate surface area is 122 Å². The Bertz CT molecular complexity index is 674. The zero-order valence-corrected chi connectivity index (χ0v) is 11.7. The van der Waals surface area contributed by atoms with E-state index in [1.807, 2.05) is 24.3 Å². The number of hydrogen-bond acceptors (Lipinski definition) is 4. The van der Waals surface area contributed by atoms with Gasteiger partial charge in [-0.25, -0.2) is 5.43 Å². The summed E-state index contributed by atoms with van der Waals surface area (Å²) in [7, 11) is 1.59. The Morgan fingerprint density at radius 1 is 1.48 bits per heavy atom. The minimum absolute atomic E-state index is 0.329. The van der Waals surface area contributed by atoms with Gasteiger partial charge in [-0.1, -0.05) is 12.1 Å². The molecule has 0 spiro atoms. The first-order valence-electron chi connectivity index (χ1n) is 6.79. The normalized spacial score (nSPS) is 14.3. The maximum atomic E-state index is 11.9. The molecule has 0 radical (unpaired) electrons. The second-order valence-corrected chi connectivity index (χ2v) is 4.92. The quantitative estimate of drug-likeness (QED) is 0.651. The number of benzene rings is 1. The number of para-hydroxylation sites is 1. The van der Waals surface area contributed by atoms with Crippen LogP contribution in [-0.2, 0) is 0 Å². The summed E-state index contributed by atoms with van der Waals surface area (Å²) >= 11 is 0. The Kier molecular flexibility index (Phi) is 3.68. The molecule has 6 heteroatoms. The maximum absolute atomic E-state index is 11.9. The zero-order chi connectivity index (χ0) is 14.7. The van der Waals surface area contributed by atoms with E-state index < -0.39 is 0 Å². The zero-order valence-electron chi connectivity index (χ0n) is 11.7. The van der Waals surface area contributed by atoms with Crippen LogP contribution in [0.3, 0.4) is 0 Å². The molecule has 0 atom stereocenters. The van der Waals surface area contributed by atoms with Crippen LogP contribution in [0, 0.1) is 0 Å². The summed E-state index contributed by atoms with van der Waals surface area (Å²) in [6.45, 7) is 0. The molecule has 1 aromatic carbocycles. The van der Waals surface area contributed by atoms with Crippen molar-refractivity contribution in [3.8, 4) is 5.75 Å². The summed E-state index contributed by atoms with van der Waals surface area (Å²) in [5.41, 5.74) is 4.63. The van der Waals surface area contributed by atoms with E-state index in [2.05, 4.69) is 20.7 Å². The van der Waals surface area contributed by atoms with E-state index in [0.717, 1.165) is 24.1 Å². The van der Waals surface area contributed by atoms with Crippen LogP contribution in [0.15, 0.2) is 35.4 Å². The molecule has 1 amide bonds. The molecule has 1 aromatic heterocycles. The van der Waals surface area contributed by atoms with Gasteiger partial charge in [-0.15, -0.1) is 0 Å². The fourth-order valence-electron chi connectivity index (χ4n) is 2.05. The molecule has 3 rings (SSSR count). The molecule has 2 N–H and O–H groups in total. The summed E-state index contributed by atoms with van der Waals surface area (Å²) in [4.78, 5) is 11.9. The summed E-state index contributed by atoms with van der Waals surface area (Å²) in [5, 5.41) is 10.8. The number of aromatic amines is 1. The van der Waals surface area contributed by atoms with Gasteiger partial charge < -0.3 is 4.74 Å². The minimum Gasteiger partial charge on any atom is -0.496 e. The fraction of sp³-hybridized carbons (Fsp3) is 0.267. The van der Waals surface area contributed by atoms with Gasteiger partial charge in [0.05, 0.1) is 13.3 Å². The highest BCUT2D eigenvalue weighted by atomic mass is 16.5. The van der Waals surface area contributed by atoms with Gasteiger partial charge >= 0.3 is 0 Å². The lowest BCUT2D eigenvalue weighted by Gasteiger charge is -2.02. The molecule has 108 valence electrons. The van der Waals surface area contributed by atoms with Crippen molar-refractivity contribution in [2.24, 2.45) is 5.10 Å².